The first-order valence-electron chi connectivity index (χ1n) is 7.93. The highest BCUT2D eigenvalue weighted by Gasteiger charge is 2.29. The van der Waals surface area contributed by atoms with E-state index in [9.17, 15) is 0 Å². The Bertz CT molecular complexity index is 630. The van der Waals surface area contributed by atoms with Gasteiger partial charge in [-0.25, -0.2) is 4.98 Å². The van der Waals surface area contributed by atoms with E-state index >= 15 is 0 Å². The van der Waals surface area contributed by atoms with Crippen molar-refractivity contribution in [1.29, 1.82) is 0 Å². The van der Waals surface area contributed by atoms with Gasteiger partial charge in [0.15, 0.2) is 0 Å². The maximum absolute atomic E-state index is 6.01. The minimum Gasteiger partial charge on any atom is -0.480 e. The highest BCUT2D eigenvalue weighted by molar-refractivity contribution is 5.16. The first kappa shape index (κ1) is 15.9. The Hall–Kier alpha value is -1.99. The summed E-state index contributed by atoms with van der Waals surface area (Å²) in [7, 11) is 3.57. The Morgan fingerprint density at radius 3 is 3.00 bits per heavy atom. The van der Waals surface area contributed by atoms with E-state index < -0.39 is 0 Å². The van der Waals surface area contributed by atoms with Gasteiger partial charge in [-0.3, -0.25) is 9.67 Å². The molecule has 1 N–H and O–H groups in total. The molecule has 1 saturated heterocycles. The van der Waals surface area contributed by atoms with E-state index in [1.54, 1.807) is 19.5 Å². The summed E-state index contributed by atoms with van der Waals surface area (Å²) in [5.41, 5.74) is 1.96. The SMILES string of the molecule is COc1nccnc1CNC[C@@H]1CCCO[C@H]1c1ccnn1C. The van der Waals surface area contributed by atoms with E-state index in [1.807, 2.05) is 24.0 Å². The van der Waals surface area contributed by atoms with Crippen molar-refractivity contribution in [1.82, 2.24) is 25.1 Å². The van der Waals surface area contributed by atoms with Gasteiger partial charge in [-0.1, -0.05) is 0 Å². The number of nitrogens with one attached hydrogen (secondary N) is 1. The molecule has 23 heavy (non-hydrogen) atoms. The third-order valence-corrected chi connectivity index (χ3v) is 4.22. The Kier molecular flexibility index (Phi) is 5.19. The van der Waals surface area contributed by atoms with Crippen LogP contribution in [-0.4, -0.2) is 40.0 Å². The largest absolute Gasteiger partial charge is 0.480 e. The summed E-state index contributed by atoms with van der Waals surface area (Å²) in [5, 5.41) is 7.72. The fourth-order valence-electron chi connectivity index (χ4n) is 3.06. The third-order valence-electron chi connectivity index (χ3n) is 4.22. The van der Waals surface area contributed by atoms with Gasteiger partial charge in [0.1, 0.15) is 11.8 Å². The van der Waals surface area contributed by atoms with Gasteiger partial charge in [0, 0.05) is 51.3 Å². The first-order valence-corrected chi connectivity index (χ1v) is 7.93. The maximum Gasteiger partial charge on any atom is 0.236 e. The third kappa shape index (κ3) is 3.68. The van der Waals surface area contributed by atoms with Crippen molar-refractivity contribution in [2.45, 2.75) is 25.5 Å². The van der Waals surface area contributed by atoms with Gasteiger partial charge in [0.2, 0.25) is 5.88 Å². The van der Waals surface area contributed by atoms with Crippen LogP contribution in [0.1, 0.15) is 30.3 Å². The fraction of sp³-hybridized carbons (Fsp3) is 0.562. The number of nitrogens with zero attached hydrogens (tertiary/aromatic N) is 4. The summed E-state index contributed by atoms with van der Waals surface area (Å²) in [6.07, 6.45) is 7.46. The smallest absolute Gasteiger partial charge is 0.236 e. The van der Waals surface area contributed by atoms with E-state index in [0.29, 0.717) is 18.3 Å². The molecular weight excluding hydrogens is 294 g/mol. The molecule has 0 unspecified atom stereocenters. The number of hydrogen-bond donors (Lipinski definition) is 1. The van der Waals surface area contributed by atoms with E-state index in [2.05, 4.69) is 20.4 Å². The normalized spacial score (nSPS) is 21.3. The van der Waals surface area contributed by atoms with Gasteiger partial charge in [-0.15, -0.1) is 0 Å². The molecule has 0 radical (unpaired) electrons. The van der Waals surface area contributed by atoms with Gasteiger partial charge in [-0.05, 0) is 18.9 Å². The second kappa shape index (κ2) is 7.52. The average molecular weight is 317 g/mol. The monoisotopic (exact) mass is 317 g/mol. The van der Waals surface area contributed by atoms with Gasteiger partial charge in [0.25, 0.3) is 0 Å². The van der Waals surface area contributed by atoms with Crippen LogP contribution in [0, 0.1) is 5.92 Å². The molecule has 7 heteroatoms. The lowest BCUT2D eigenvalue weighted by molar-refractivity contribution is -0.0323. The van der Waals surface area contributed by atoms with Crippen molar-refractivity contribution in [2.24, 2.45) is 13.0 Å². The van der Waals surface area contributed by atoms with Crippen LogP contribution in [0.4, 0.5) is 0 Å². The van der Waals surface area contributed by atoms with Crippen LogP contribution in [0.25, 0.3) is 0 Å². The molecule has 0 aromatic carbocycles. The lowest BCUT2D eigenvalue weighted by atomic mass is 9.92. The summed E-state index contributed by atoms with van der Waals surface area (Å²) < 4.78 is 13.1. The molecule has 2 atom stereocenters. The van der Waals surface area contributed by atoms with Crippen molar-refractivity contribution >= 4 is 0 Å². The number of hydrogen-bond acceptors (Lipinski definition) is 6. The van der Waals surface area contributed by atoms with Crippen LogP contribution in [0.5, 0.6) is 5.88 Å². The summed E-state index contributed by atoms with van der Waals surface area (Å²) in [6.45, 7) is 2.30. The second-order valence-electron chi connectivity index (χ2n) is 5.72. The van der Waals surface area contributed by atoms with Crippen molar-refractivity contribution in [2.75, 3.05) is 20.3 Å². The van der Waals surface area contributed by atoms with E-state index in [1.165, 1.54) is 0 Å². The molecule has 0 saturated carbocycles. The molecule has 0 spiro atoms. The van der Waals surface area contributed by atoms with Crippen LogP contribution in [0.3, 0.4) is 0 Å². The number of ether oxygens (including phenoxy) is 2. The number of rotatable bonds is 6. The lowest BCUT2D eigenvalue weighted by Crippen LogP contribution is -2.33. The highest BCUT2D eigenvalue weighted by atomic mass is 16.5. The minimum absolute atomic E-state index is 0.0903. The van der Waals surface area contributed by atoms with Gasteiger partial charge >= 0.3 is 0 Å². The molecule has 1 fully saturated rings. The molecule has 2 aromatic rings. The van der Waals surface area contributed by atoms with Gasteiger partial charge < -0.3 is 14.8 Å². The molecule has 3 heterocycles. The quantitative estimate of drug-likeness (QED) is 0.870. The summed E-state index contributed by atoms with van der Waals surface area (Å²) in [5.74, 6) is 0.991. The van der Waals surface area contributed by atoms with Crippen molar-refractivity contribution in [3.05, 3.63) is 36.0 Å². The zero-order chi connectivity index (χ0) is 16.1. The summed E-state index contributed by atoms with van der Waals surface area (Å²) >= 11 is 0. The molecular formula is C16H23N5O2. The van der Waals surface area contributed by atoms with Crippen LogP contribution < -0.4 is 10.1 Å². The van der Waals surface area contributed by atoms with E-state index in [-0.39, 0.29) is 6.10 Å². The molecule has 0 bridgehead atoms. The summed E-state index contributed by atoms with van der Waals surface area (Å²) in [6, 6.07) is 2.04. The molecule has 7 nitrogen and oxygen atoms in total. The Labute approximate surface area is 136 Å². The maximum atomic E-state index is 6.01. The Morgan fingerprint density at radius 1 is 1.35 bits per heavy atom. The summed E-state index contributed by atoms with van der Waals surface area (Å²) in [4.78, 5) is 8.49. The molecule has 124 valence electrons. The van der Waals surface area contributed by atoms with Gasteiger partial charge in [-0.2, -0.15) is 5.10 Å². The van der Waals surface area contributed by atoms with Crippen LogP contribution >= 0.6 is 0 Å². The van der Waals surface area contributed by atoms with E-state index in [0.717, 1.165) is 37.4 Å². The van der Waals surface area contributed by atoms with Gasteiger partial charge in [0.05, 0.1) is 12.8 Å². The minimum atomic E-state index is 0.0903. The predicted molar refractivity (Wildman–Crippen MR) is 84.9 cm³/mol. The predicted octanol–water partition coefficient (Wildman–Crippen LogP) is 1.48. The standard InChI is InChI=1S/C16H23N5O2/c1-21-14(5-6-20-21)15-12(4-3-9-23-15)10-17-11-13-16(22-2)19-8-7-18-13/h5-8,12,15,17H,3-4,9-11H2,1-2H3/t12-,15+/m0/s1. The number of aryl methyl sites for hydroxylation is 1. The van der Waals surface area contributed by atoms with Crippen LogP contribution in [0.15, 0.2) is 24.7 Å². The zero-order valence-electron chi connectivity index (χ0n) is 13.6. The molecule has 1 aliphatic rings. The van der Waals surface area contributed by atoms with Crippen molar-refractivity contribution in [3.8, 4) is 5.88 Å². The highest BCUT2D eigenvalue weighted by Crippen LogP contribution is 2.32. The Balaban J connectivity index is 1.61. The molecule has 3 rings (SSSR count). The Morgan fingerprint density at radius 2 is 2.22 bits per heavy atom. The van der Waals surface area contributed by atoms with Crippen molar-refractivity contribution < 1.29 is 9.47 Å². The van der Waals surface area contributed by atoms with Crippen molar-refractivity contribution in [3.63, 3.8) is 0 Å². The topological polar surface area (TPSA) is 74.1 Å². The first-order chi connectivity index (χ1) is 11.3. The lowest BCUT2D eigenvalue weighted by Gasteiger charge is -2.32. The fourth-order valence-corrected chi connectivity index (χ4v) is 3.06. The second-order valence-corrected chi connectivity index (χ2v) is 5.72. The number of aromatic nitrogens is 4. The van der Waals surface area contributed by atoms with E-state index in [4.69, 9.17) is 9.47 Å². The molecule has 0 aliphatic carbocycles. The average Bonchev–Trinajstić information content (AvgIpc) is 3.01. The van der Waals surface area contributed by atoms with Crippen LogP contribution in [-0.2, 0) is 18.3 Å². The van der Waals surface area contributed by atoms with Crippen LogP contribution in [0.2, 0.25) is 0 Å². The molecule has 1 aliphatic heterocycles. The number of methoxy groups -OCH3 is 1. The molecule has 2 aromatic heterocycles. The molecule has 0 amide bonds. The zero-order valence-corrected chi connectivity index (χ0v) is 13.6.